The van der Waals surface area contributed by atoms with Gasteiger partial charge in [0.05, 0.1) is 6.04 Å². The third-order valence-electron chi connectivity index (χ3n) is 4.84. The number of benzene rings is 1. The van der Waals surface area contributed by atoms with Gasteiger partial charge in [0.25, 0.3) is 0 Å². The highest BCUT2D eigenvalue weighted by Gasteiger charge is 2.33. The summed E-state index contributed by atoms with van der Waals surface area (Å²) in [5.41, 5.74) is 1.00. The Bertz CT molecular complexity index is 648. The molecule has 1 N–H and O–H groups in total. The van der Waals surface area contributed by atoms with Gasteiger partial charge in [0.15, 0.2) is 0 Å². The monoisotopic (exact) mass is 322 g/mol. The molecule has 1 fully saturated rings. The standard InChI is InChI=1S/C17H20F2N2O2/c1-21-15(6-3-7-16(21)22)17(23)20-14-5-2-4-11-12(14)8-10(18)9-13(11)19/h8-9,14-15H,2-7H2,1H3,(H,20,23)/t14-,15?/m1/s1. The number of piperidine rings is 1. The molecule has 0 radical (unpaired) electrons. The maximum absolute atomic E-state index is 13.9. The first-order valence-electron chi connectivity index (χ1n) is 8.01. The summed E-state index contributed by atoms with van der Waals surface area (Å²) in [6.45, 7) is 0. The van der Waals surface area contributed by atoms with E-state index in [1.807, 2.05) is 0 Å². The zero-order valence-corrected chi connectivity index (χ0v) is 13.1. The second-order valence-electron chi connectivity index (χ2n) is 6.32. The van der Waals surface area contributed by atoms with Crippen LogP contribution in [0.4, 0.5) is 8.78 Å². The Morgan fingerprint density at radius 1 is 1.22 bits per heavy atom. The van der Waals surface area contributed by atoms with Gasteiger partial charge in [-0.15, -0.1) is 0 Å². The van der Waals surface area contributed by atoms with E-state index in [9.17, 15) is 18.4 Å². The lowest BCUT2D eigenvalue weighted by Gasteiger charge is -2.34. The van der Waals surface area contributed by atoms with E-state index in [0.717, 1.165) is 12.5 Å². The fourth-order valence-corrected chi connectivity index (χ4v) is 3.55. The van der Waals surface area contributed by atoms with Gasteiger partial charge in [0.2, 0.25) is 11.8 Å². The zero-order chi connectivity index (χ0) is 16.6. The van der Waals surface area contributed by atoms with Crippen molar-refractivity contribution in [1.82, 2.24) is 10.2 Å². The van der Waals surface area contributed by atoms with Gasteiger partial charge in [0.1, 0.15) is 17.7 Å². The van der Waals surface area contributed by atoms with Crippen molar-refractivity contribution in [1.29, 1.82) is 0 Å². The number of fused-ring (bicyclic) bond motifs is 1. The molecule has 2 amide bonds. The second-order valence-corrected chi connectivity index (χ2v) is 6.32. The number of carbonyl (C=O) groups excluding carboxylic acids is 2. The fourth-order valence-electron chi connectivity index (χ4n) is 3.55. The Balaban J connectivity index is 1.79. The molecule has 0 aromatic heterocycles. The lowest BCUT2D eigenvalue weighted by atomic mass is 9.87. The van der Waals surface area contributed by atoms with Crippen LogP contribution in [0.3, 0.4) is 0 Å². The molecule has 0 bridgehead atoms. The van der Waals surface area contributed by atoms with E-state index in [0.29, 0.717) is 43.2 Å². The number of nitrogens with zero attached hydrogens (tertiary/aromatic N) is 1. The Morgan fingerprint density at radius 2 is 1.96 bits per heavy atom. The summed E-state index contributed by atoms with van der Waals surface area (Å²) in [6, 6.07) is 1.29. The van der Waals surface area contributed by atoms with Crippen LogP contribution in [0.25, 0.3) is 0 Å². The largest absolute Gasteiger partial charge is 0.347 e. The van der Waals surface area contributed by atoms with Crippen LogP contribution in [-0.4, -0.2) is 29.8 Å². The number of rotatable bonds is 2. The van der Waals surface area contributed by atoms with E-state index >= 15 is 0 Å². The highest BCUT2D eigenvalue weighted by atomic mass is 19.1. The van der Waals surface area contributed by atoms with Crippen molar-refractivity contribution in [3.63, 3.8) is 0 Å². The summed E-state index contributed by atoms with van der Waals surface area (Å²) in [6.07, 6.45) is 3.70. The Hall–Kier alpha value is -1.98. The molecule has 1 aliphatic carbocycles. The van der Waals surface area contributed by atoms with Gasteiger partial charge >= 0.3 is 0 Å². The Kier molecular flexibility index (Phi) is 4.33. The van der Waals surface area contributed by atoms with Crippen LogP contribution in [0.15, 0.2) is 12.1 Å². The van der Waals surface area contributed by atoms with E-state index in [2.05, 4.69) is 5.32 Å². The van der Waals surface area contributed by atoms with Crippen molar-refractivity contribution in [3.05, 3.63) is 34.9 Å². The summed E-state index contributed by atoms with van der Waals surface area (Å²) >= 11 is 0. The molecule has 0 saturated carbocycles. The fraction of sp³-hybridized carbons (Fsp3) is 0.529. The molecular weight excluding hydrogens is 302 g/mol. The molecule has 3 rings (SSSR count). The molecule has 1 unspecified atom stereocenters. The number of hydrogen-bond acceptors (Lipinski definition) is 2. The lowest BCUT2D eigenvalue weighted by Crippen LogP contribution is -2.50. The minimum atomic E-state index is -0.632. The van der Waals surface area contributed by atoms with Gasteiger partial charge < -0.3 is 10.2 Å². The molecule has 1 aromatic rings. The Morgan fingerprint density at radius 3 is 2.74 bits per heavy atom. The predicted octanol–water partition coefficient (Wildman–Crippen LogP) is 2.47. The molecule has 0 spiro atoms. The molecule has 2 aliphatic rings. The van der Waals surface area contributed by atoms with Gasteiger partial charge in [-0.05, 0) is 49.3 Å². The van der Waals surface area contributed by atoms with Gasteiger partial charge in [0, 0.05) is 19.5 Å². The summed E-state index contributed by atoms with van der Waals surface area (Å²) in [7, 11) is 1.62. The molecular formula is C17H20F2N2O2. The van der Waals surface area contributed by atoms with Crippen molar-refractivity contribution >= 4 is 11.8 Å². The maximum atomic E-state index is 13.9. The topological polar surface area (TPSA) is 49.4 Å². The lowest BCUT2D eigenvalue weighted by molar-refractivity contribution is -0.142. The predicted molar refractivity (Wildman–Crippen MR) is 80.6 cm³/mol. The van der Waals surface area contributed by atoms with Crippen molar-refractivity contribution in [2.45, 2.75) is 50.6 Å². The van der Waals surface area contributed by atoms with Crippen LogP contribution in [-0.2, 0) is 16.0 Å². The first-order valence-corrected chi connectivity index (χ1v) is 8.01. The van der Waals surface area contributed by atoms with Crippen LogP contribution >= 0.6 is 0 Å². The normalized spacial score (nSPS) is 24.3. The molecule has 1 saturated heterocycles. The number of likely N-dealkylation sites (tertiary alicyclic amines) is 1. The number of hydrogen-bond donors (Lipinski definition) is 1. The van der Waals surface area contributed by atoms with Crippen molar-refractivity contribution in [2.75, 3.05) is 7.05 Å². The maximum Gasteiger partial charge on any atom is 0.243 e. The van der Waals surface area contributed by atoms with Crippen LogP contribution in [0.2, 0.25) is 0 Å². The van der Waals surface area contributed by atoms with Gasteiger partial charge in [-0.25, -0.2) is 8.78 Å². The second kappa shape index (κ2) is 6.26. The third-order valence-corrected chi connectivity index (χ3v) is 4.84. The summed E-state index contributed by atoms with van der Waals surface area (Å²) < 4.78 is 27.4. The van der Waals surface area contributed by atoms with E-state index in [1.54, 1.807) is 7.05 Å². The number of nitrogens with one attached hydrogen (secondary N) is 1. The van der Waals surface area contributed by atoms with Crippen molar-refractivity contribution in [2.24, 2.45) is 0 Å². The van der Waals surface area contributed by atoms with Crippen LogP contribution in [0, 0.1) is 11.6 Å². The van der Waals surface area contributed by atoms with Crippen LogP contribution < -0.4 is 5.32 Å². The minimum absolute atomic E-state index is 0.0440. The molecule has 4 nitrogen and oxygen atoms in total. The van der Waals surface area contributed by atoms with Gasteiger partial charge in [-0.2, -0.15) is 0 Å². The Labute approximate surface area is 133 Å². The summed E-state index contributed by atoms with van der Waals surface area (Å²) in [5, 5.41) is 2.88. The highest BCUT2D eigenvalue weighted by Crippen LogP contribution is 2.32. The number of carbonyl (C=O) groups is 2. The van der Waals surface area contributed by atoms with Crippen LogP contribution in [0.5, 0.6) is 0 Å². The van der Waals surface area contributed by atoms with Crippen molar-refractivity contribution < 1.29 is 18.4 Å². The van der Waals surface area contributed by atoms with E-state index in [4.69, 9.17) is 0 Å². The van der Waals surface area contributed by atoms with Crippen molar-refractivity contribution in [3.8, 4) is 0 Å². The average molecular weight is 322 g/mol. The smallest absolute Gasteiger partial charge is 0.243 e. The highest BCUT2D eigenvalue weighted by molar-refractivity contribution is 5.88. The minimum Gasteiger partial charge on any atom is -0.347 e. The molecule has 1 aromatic carbocycles. The molecule has 6 heteroatoms. The molecule has 23 heavy (non-hydrogen) atoms. The quantitative estimate of drug-likeness (QED) is 0.909. The summed E-state index contributed by atoms with van der Waals surface area (Å²) in [5.74, 6) is -1.48. The zero-order valence-electron chi connectivity index (χ0n) is 13.1. The van der Waals surface area contributed by atoms with Gasteiger partial charge in [-0.1, -0.05) is 0 Å². The molecule has 1 heterocycles. The van der Waals surface area contributed by atoms with Crippen LogP contribution in [0.1, 0.15) is 49.3 Å². The van der Waals surface area contributed by atoms with Gasteiger partial charge in [-0.3, -0.25) is 9.59 Å². The molecule has 124 valence electrons. The SMILES string of the molecule is CN1C(=O)CCCC1C(=O)N[C@@H]1CCCc2c(F)cc(F)cc21. The third kappa shape index (κ3) is 3.07. The average Bonchev–Trinajstić information content (AvgIpc) is 2.50. The first kappa shape index (κ1) is 15.9. The molecule has 2 atom stereocenters. The number of amides is 2. The first-order chi connectivity index (χ1) is 11.0. The van der Waals surface area contributed by atoms with E-state index < -0.39 is 23.7 Å². The van der Waals surface area contributed by atoms with E-state index in [-0.39, 0.29) is 11.8 Å². The van der Waals surface area contributed by atoms with E-state index in [1.165, 1.54) is 11.0 Å². The summed E-state index contributed by atoms with van der Waals surface area (Å²) in [4.78, 5) is 25.7. The number of halogens is 2. The number of likely N-dealkylation sites (N-methyl/N-ethyl adjacent to an activating group) is 1. The molecule has 1 aliphatic heterocycles.